The molecule has 0 bridgehead atoms. The average Bonchev–Trinajstić information content (AvgIpc) is 2.88. The Labute approximate surface area is 116 Å². The molecule has 0 saturated heterocycles. The van der Waals surface area contributed by atoms with E-state index in [0.717, 1.165) is 5.69 Å². The molecule has 0 aliphatic heterocycles. The fraction of sp³-hybridized carbons (Fsp3) is 0.357. The summed E-state index contributed by atoms with van der Waals surface area (Å²) < 4.78 is 4.97. The van der Waals surface area contributed by atoms with Crippen LogP contribution in [0.5, 0.6) is 0 Å². The summed E-state index contributed by atoms with van der Waals surface area (Å²) >= 11 is 0. The van der Waals surface area contributed by atoms with Crippen LogP contribution in [0, 0.1) is 0 Å². The van der Waals surface area contributed by atoms with Gasteiger partial charge in [0.05, 0.1) is 18.3 Å². The highest BCUT2D eigenvalue weighted by Crippen LogP contribution is 2.23. The highest BCUT2D eigenvalue weighted by atomic mass is 16.5. The molecule has 0 atom stereocenters. The molecule has 106 valence electrons. The van der Waals surface area contributed by atoms with Gasteiger partial charge < -0.3 is 14.9 Å². The van der Waals surface area contributed by atoms with Gasteiger partial charge in [-0.2, -0.15) is 0 Å². The minimum absolute atomic E-state index is 0.213. The van der Waals surface area contributed by atoms with Crippen LogP contribution in [0.3, 0.4) is 0 Å². The molecule has 0 unspecified atom stereocenters. The van der Waals surface area contributed by atoms with E-state index < -0.39 is 5.97 Å². The number of anilines is 1. The first-order valence-corrected chi connectivity index (χ1v) is 6.25. The Morgan fingerprint density at radius 1 is 1.40 bits per heavy atom. The summed E-state index contributed by atoms with van der Waals surface area (Å²) in [5, 5.41) is 15.8. The number of pyridine rings is 1. The molecule has 2 N–H and O–H groups in total. The van der Waals surface area contributed by atoms with Crippen molar-refractivity contribution in [2.45, 2.75) is 32.7 Å². The van der Waals surface area contributed by atoms with Gasteiger partial charge in [-0.15, -0.1) is 0 Å². The maximum Gasteiger partial charge on any atom is 0.335 e. The maximum atomic E-state index is 11.2. The minimum atomic E-state index is -0.972. The molecule has 6 nitrogen and oxygen atoms in total. The second kappa shape index (κ2) is 5.32. The molecule has 2 aromatic rings. The fourth-order valence-corrected chi connectivity index (χ4v) is 1.64. The van der Waals surface area contributed by atoms with E-state index in [1.165, 1.54) is 6.07 Å². The lowest BCUT2D eigenvalue weighted by Gasteiger charge is -2.19. The van der Waals surface area contributed by atoms with E-state index in [4.69, 9.17) is 9.63 Å². The van der Waals surface area contributed by atoms with Crippen LogP contribution >= 0.6 is 0 Å². The third kappa shape index (κ3) is 3.34. The topological polar surface area (TPSA) is 88.2 Å². The number of nitrogens with one attached hydrogen (secondary N) is 1. The lowest BCUT2D eigenvalue weighted by atomic mass is 9.91. The van der Waals surface area contributed by atoms with Crippen LogP contribution in [0.1, 0.15) is 42.6 Å². The van der Waals surface area contributed by atoms with Gasteiger partial charge in [-0.05, 0) is 12.1 Å². The standard InChI is InChI=1S/C14H17N3O3/c1-14(2,3)11-6-9(13(18)19)7-12(17-11)15-8-10-4-5-16-20-10/h4-7H,8H2,1-3H3,(H,15,17)(H,18,19). The Balaban J connectivity index is 2.27. The lowest BCUT2D eigenvalue weighted by molar-refractivity contribution is 0.0696. The Kier molecular flexibility index (Phi) is 3.74. The van der Waals surface area contributed by atoms with E-state index in [1.807, 2.05) is 20.8 Å². The summed E-state index contributed by atoms with van der Waals surface area (Å²) in [6, 6.07) is 4.84. The number of hydrogen-bond acceptors (Lipinski definition) is 5. The van der Waals surface area contributed by atoms with Crippen molar-refractivity contribution >= 4 is 11.8 Å². The van der Waals surface area contributed by atoms with E-state index in [1.54, 1.807) is 18.3 Å². The molecule has 0 aromatic carbocycles. The van der Waals surface area contributed by atoms with Crippen LogP contribution in [0.25, 0.3) is 0 Å². The Bertz CT molecular complexity index is 601. The molecule has 20 heavy (non-hydrogen) atoms. The van der Waals surface area contributed by atoms with Crippen LogP contribution in [0.2, 0.25) is 0 Å². The molecular weight excluding hydrogens is 258 g/mol. The minimum Gasteiger partial charge on any atom is -0.478 e. The molecule has 2 aromatic heterocycles. The molecule has 0 radical (unpaired) electrons. The van der Waals surface area contributed by atoms with Gasteiger partial charge in [-0.1, -0.05) is 25.9 Å². The van der Waals surface area contributed by atoms with Crippen LogP contribution in [-0.4, -0.2) is 21.2 Å². The number of aromatic nitrogens is 2. The summed E-state index contributed by atoms with van der Waals surface area (Å²) in [4.78, 5) is 15.6. The summed E-state index contributed by atoms with van der Waals surface area (Å²) in [5.74, 6) is 0.191. The summed E-state index contributed by atoms with van der Waals surface area (Å²) in [7, 11) is 0. The SMILES string of the molecule is CC(C)(C)c1cc(C(=O)O)cc(NCc2ccno2)n1. The molecule has 0 aliphatic carbocycles. The van der Waals surface area contributed by atoms with Crippen LogP contribution < -0.4 is 5.32 Å². The zero-order chi connectivity index (χ0) is 14.8. The molecule has 0 amide bonds. The molecule has 0 spiro atoms. The summed E-state index contributed by atoms with van der Waals surface area (Å²) in [6.45, 7) is 6.36. The Hall–Kier alpha value is -2.37. The third-order valence-electron chi connectivity index (χ3n) is 2.78. The molecule has 0 aliphatic rings. The zero-order valence-corrected chi connectivity index (χ0v) is 11.7. The maximum absolute atomic E-state index is 11.2. The van der Waals surface area contributed by atoms with Gasteiger partial charge in [-0.25, -0.2) is 9.78 Å². The number of hydrogen-bond donors (Lipinski definition) is 2. The smallest absolute Gasteiger partial charge is 0.335 e. The van der Waals surface area contributed by atoms with Gasteiger partial charge in [0.25, 0.3) is 0 Å². The van der Waals surface area contributed by atoms with Gasteiger partial charge in [0.2, 0.25) is 0 Å². The number of nitrogens with zero attached hydrogens (tertiary/aromatic N) is 2. The summed E-state index contributed by atoms with van der Waals surface area (Å²) in [5.41, 5.74) is 0.705. The average molecular weight is 275 g/mol. The van der Waals surface area contributed by atoms with E-state index in [9.17, 15) is 4.79 Å². The van der Waals surface area contributed by atoms with Crippen molar-refractivity contribution in [2.75, 3.05) is 5.32 Å². The number of rotatable bonds is 4. The second-order valence-corrected chi connectivity index (χ2v) is 5.51. The third-order valence-corrected chi connectivity index (χ3v) is 2.78. The molecule has 6 heteroatoms. The van der Waals surface area contributed by atoms with E-state index in [2.05, 4.69) is 15.5 Å². The predicted octanol–water partition coefficient (Wildman–Crippen LogP) is 2.68. The number of aromatic carboxylic acids is 1. The number of carbonyl (C=O) groups is 1. The van der Waals surface area contributed by atoms with Crippen LogP contribution in [-0.2, 0) is 12.0 Å². The van der Waals surface area contributed by atoms with Gasteiger partial charge in [0, 0.05) is 17.2 Å². The number of carboxylic acids is 1. The molecule has 2 heterocycles. The first-order valence-electron chi connectivity index (χ1n) is 6.25. The summed E-state index contributed by atoms with van der Waals surface area (Å²) in [6.07, 6.45) is 1.55. The molecule has 0 fully saturated rings. The first-order chi connectivity index (χ1) is 9.36. The molecule has 0 saturated carbocycles. The van der Waals surface area contributed by atoms with Crippen molar-refractivity contribution in [1.82, 2.24) is 10.1 Å². The van der Waals surface area contributed by atoms with Crippen LogP contribution in [0.4, 0.5) is 5.82 Å². The zero-order valence-electron chi connectivity index (χ0n) is 11.7. The van der Waals surface area contributed by atoms with Gasteiger partial charge in [0.15, 0.2) is 5.76 Å². The second-order valence-electron chi connectivity index (χ2n) is 5.51. The van der Waals surface area contributed by atoms with Crippen molar-refractivity contribution in [3.05, 3.63) is 41.4 Å². The van der Waals surface area contributed by atoms with Gasteiger partial charge >= 0.3 is 5.97 Å². The normalized spacial score (nSPS) is 11.3. The fourth-order valence-electron chi connectivity index (χ4n) is 1.64. The van der Waals surface area contributed by atoms with E-state index in [-0.39, 0.29) is 11.0 Å². The quantitative estimate of drug-likeness (QED) is 0.891. The van der Waals surface area contributed by atoms with E-state index in [0.29, 0.717) is 18.1 Å². The van der Waals surface area contributed by atoms with Gasteiger partial charge in [-0.3, -0.25) is 0 Å². The van der Waals surface area contributed by atoms with Crippen molar-refractivity contribution < 1.29 is 14.4 Å². The molecular formula is C14H17N3O3. The highest BCUT2D eigenvalue weighted by molar-refractivity contribution is 5.88. The first kappa shape index (κ1) is 14.0. The predicted molar refractivity (Wildman–Crippen MR) is 73.7 cm³/mol. The van der Waals surface area contributed by atoms with Gasteiger partial charge in [0.1, 0.15) is 5.82 Å². The van der Waals surface area contributed by atoms with E-state index >= 15 is 0 Å². The lowest BCUT2D eigenvalue weighted by Crippen LogP contribution is -2.16. The monoisotopic (exact) mass is 275 g/mol. The van der Waals surface area contributed by atoms with Crippen molar-refractivity contribution in [1.29, 1.82) is 0 Å². The van der Waals surface area contributed by atoms with Crippen molar-refractivity contribution in [2.24, 2.45) is 0 Å². The van der Waals surface area contributed by atoms with Crippen LogP contribution in [0.15, 0.2) is 28.9 Å². The Morgan fingerprint density at radius 3 is 2.70 bits per heavy atom. The highest BCUT2D eigenvalue weighted by Gasteiger charge is 2.19. The largest absolute Gasteiger partial charge is 0.478 e. The van der Waals surface area contributed by atoms with Crippen molar-refractivity contribution in [3.63, 3.8) is 0 Å². The molecule has 2 rings (SSSR count). The van der Waals surface area contributed by atoms with Crippen molar-refractivity contribution in [3.8, 4) is 0 Å². The number of carboxylic acid groups (broad SMARTS) is 1. The Morgan fingerprint density at radius 2 is 2.15 bits per heavy atom.